The van der Waals surface area contributed by atoms with Gasteiger partial charge in [0.1, 0.15) is 0 Å². The molecule has 0 aliphatic heterocycles. The number of hydrogen-bond acceptors (Lipinski definition) is 4. The van der Waals surface area contributed by atoms with Crippen LogP contribution >= 0.6 is 0 Å². The molecule has 2 rings (SSSR count). The van der Waals surface area contributed by atoms with Gasteiger partial charge in [-0.15, -0.1) is 0 Å². The van der Waals surface area contributed by atoms with Crippen molar-refractivity contribution in [1.82, 2.24) is 4.98 Å². The number of carbonyl (C=O) groups excluding carboxylic acids is 1. The highest BCUT2D eigenvalue weighted by Crippen LogP contribution is 2.20. The highest BCUT2D eigenvalue weighted by Gasteiger charge is 2.15. The minimum Gasteiger partial charge on any atom is -0.464 e. The van der Waals surface area contributed by atoms with E-state index in [9.17, 15) is 9.90 Å². The third-order valence-corrected chi connectivity index (χ3v) is 2.44. The number of benzene rings is 1. The zero-order valence-electron chi connectivity index (χ0n) is 8.80. The lowest BCUT2D eigenvalue weighted by Gasteiger charge is -2.07. The van der Waals surface area contributed by atoms with Gasteiger partial charge in [0.25, 0.3) is 0 Å². The van der Waals surface area contributed by atoms with E-state index in [-0.39, 0.29) is 12.3 Å². The SMILES string of the molecule is COC(=O)c1ncc2ccccc2c1CO. The zero-order chi connectivity index (χ0) is 11.5. The Morgan fingerprint density at radius 2 is 2.19 bits per heavy atom. The van der Waals surface area contributed by atoms with Crippen LogP contribution in [0.1, 0.15) is 16.1 Å². The second kappa shape index (κ2) is 4.28. The molecule has 0 aliphatic rings. The maximum Gasteiger partial charge on any atom is 0.357 e. The second-order valence-electron chi connectivity index (χ2n) is 3.32. The molecule has 0 aliphatic carbocycles. The summed E-state index contributed by atoms with van der Waals surface area (Å²) in [4.78, 5) is 15.5. The van der Waals surface area contributed by atoms with Gasteiger partial charge >= 0.3 is 5.97 Å². The highest BCUT2D eigenvalue weighted by molar-refractivity contribution is 5.96. The molecule has 1 heterocycles. The van der Waals surface area contributed by atoms with E-state index in [0.717, 1.165) is 10.8 Å². The topological polar surface area (TPSA) is 59.4 Å². The molecule has 2 aromatic rings. The van der Waals surface area contributed by atoms with Crippen LogP contribution in [0.25, 0.3) is 10.8 Å². The molecule has 0 bridgehead atoms. The number of methoxy groups -OCH3 is 1. The summed E-state index contributed by atoms with van der Waals surface area (Å²) < 4.78 is 4.62. The standard InChI is InChI=1S/C12H11NO3/c1-16-12(15)11-10(7-14)9-5-3-2-4-8(9)6-13-11/h2-6,14H,7H2,1H3. The zero-order valence-corrected chi connectivity index (χ0v) is 8.80. The van der Waals surface area contributed by atoms with Crippen LogP contribution in [-0.2, 0) is 11.3 Å². The van der Waals surface area contributed by atoms with Gasteiger partial charge in [-0.25, -0.2) is 9.78 Å². The molecule has 16 heavy (non-hydrogen) atoms. The molecule has 0 amide bonds. The van der Waals surface area contributed by atoms with Crippen molar-refractivity contribution in [2.45, 2.75) is 6.61 Å². The molecule has 4 nitrogen and oxygen atoms in total. The number of nitrogens with zero attached hydrogens (tertiary/aromatic N) is 1. The Balaban J connectivity index is 2.72. The number of aliphatic hydroxyl groups is 1. The molecule has 0 unspecified atom stereocenters. The van der Waals surface area contributed by atoms with Crippen molar-refractivity contribution in [1.29, 1.82) is 0 Å². The molecule has 4 heteroatoms. The van der Waals surface area contributed by atoms with Crippen LogP contribution in [0.4, 0.5) is 0 Å². The summed E-state index contributed by atoms with van der Waals surface area (Å²) in [5.74, 6) is -0.533. The number of rotatable bonds is 2. The number of carbonyl (C=O) groups is 1. The Hall–Kier alpha value is -1.94. The summed E-state index contributed by atoms with van der Waals surface area (Å²) in [5.41, 5.74) is 0.675. The Morgan fingerprint density at radius 1 is 1.44 bits per heavy atom. The predicted octanol–water partition coefficient (Wildman–Crippen LogP) is 1.51. The average molecular weight is 217 g/mol. The van der Waals surface area contributed by atoms with Crippen molar-refractivity contribution in [3.8, 4) is 0 Å². The summed E-state index contributed by atoms with van der Waals surface area (Å²) in [7, 11) is 1.29. The number of hydrogen-bond donors (Lipinski definition) is 1. The Morgan fingerprint density at radius 3 is 2.88 bits per heavy atom. The van der Waals surface area contributed by atoms with Crippen LogP contribution in [0.3, 0.4) is 0 Å². The van der Waals surface area contributed by atoms with E-state index >= 15 is 0 Å². The normalized spacial score (nSPS) is 10.4. The maximum absolute atomic E-state index is 11.4. The molecule has 0 spiro atoms. The Bertz CT molecular complexity index is 537. The number of fused-ring (bicyclic) bond motifs is 1. The molecule has 0 radical (unpaired) electrons. The van der Waals surface area contributed by atoms with E-state index < -0.39 is 5.97 Å². The minimum atomic E-state index is -0.533. The lowest BCUT2D eigenvalue weighted by molar-refractivity contribution is 0.0590. The van der Waals surface area contributed by atoms with Crippen molar-refractivity contribution in [3.63, 3.8) is 0 Å². The van der Waals surface area contributed by atoms with Crippen LogP contribution in [0, 0.1) is 0 Å². The van der Waals surface area contributed by atoms with Crippen LogP contribution in [0.5, 0.6) is 0 Å². The molecule has 82 valence electrons. The van der Waals surface area contributed by atoms with Gasteiger partial charge in [0.2, 0.25) is 0 Å². The van der Waals surface area contributed by atoms with E-state index in [2.05, 4.69) is 9.72 Å². The molecule has 0 fully saturated rings. The van der Waals surface area contributed by atoms with E-state index in [1.807, 2.05) is 24.3 Å². The van der Waals surface area contributed by atoms with Gasteiger partial charge in [-0.05, 0) is 5.39 Å². The number of ether oxygens (including phenoxy) is 1. The molecule has 0 atom stereocenters. The van der Waals surface area contributed by atoms with E-state index in [4.69, 9.17) is 0 Å². The van der Waals surface area contributed by atoms with Gasteiger partial charge in [-0.2, -0.15) is 0 Å². The summed E-state index contributed by atoms with van der Waals surface area (Å²) in [5, 5.41) is 11.0. The quantitative estimate of drug-likeness (QED) is 0.775. The van der Waals surface area contributed by atoms with Gasteiger partial charge < -0.3 is 9.84 Å². The third kappa shape index (κ3) is 1.63. The smallest absolute Gasteiger partial charge is 0.357 e. The molecule has 0 saturated heterocycles. The summed E-state index contributed by atoms with van der Waals surface area (Å²) in [6, 6.07) is 7.45. The average Bonchev–Trinajstić information content (AvgIpc) is 2.36. The molecular weight excluding hydrogens is 206 g/mol. The van der Waals surface area contributed by atoms with Crippen molar-refractivity contribution < 1.29 is 14.6 Å². The van der Waals surface area contributed by atoms with Gasteiger partial charge in [0, 0.05) is 17.1 Å². The van der Waals surface area contributed by atoms with Crippen molar-refractivity contribution >= 4 is 16.7 Å². The highest BCUT2D eigenvalue weighted by atomic mass is 16.5. The van der Waals surface area contributed by atoms with Crippen LogP contribution in [0.15, 0.2) is 30.5 Å². The van der Waals surface area contributed by atoms with Crippen LogP contribution < -0.4 is 0 Å². The number of esters is 1. The monoisotopic (exact) mass is 217 g/mol. The summed E-state index contributed by atoms with van der Waals surface area (Å²) in [6.07, 6.45) is 1.60. The Labute approximate surface area is 92.5 Å². The lowest BCUT2D eigenvalue weighted by Crippen LogP contribution is -2.09. The summed E-state index contributed by atoms with van der Waals surface area (Å²) >= 11 is 0. The predicted molar refractivity (Wildman–Crippen MR) is 59.0 cm³/mol. The first-order valence-corrected chi connectivity index (χ1v) is 4.83. The van der Waals surface area contributed by atoms with Gasteiger partial charge in [-0.1, -0.05) is 24.3 Å². The molecule has 1 N–H and O–H groups in total. The fraction of sp³-hybridized carbons (Fsp3) is 0.167. The Kier molecular flexibility index (Phi) is 2.83. The first kappa shape index (κ1) is 10.6. The first-order chi connectivity index (χ1) is 7.77. The van der Waals surface area contributed by atoms with E-state index in [0.29, 0.717) is 5.56 Å². The minimum absolute atomic E-state index is 0.170. The van der Waals surface area contributed by atoms with E-state index in [1.54, 1.807) is 6.20 Å². The number of pyridine rings is 1. The van der Waals surface area contributed by atoms with Crippen molar-refractivity contribution in [3.05, 3.63) is 41.7 Å². The lowest BCUT2D eigenvalue weighted by atomic mass is 10.1. The third-order valence-electron chi connectivity index (χ3n) is 2.44. The molecule has 1 aromatic carbocycles. The van der Waals surface area contributed by atoms with Gasteiger partial charge in [0.15, 0.2) is 5.69 Å². The largest absolute Gasteiger partial charge is 0.464 e. The number of aromatic nitrogens is 1. The summed E-state index contributed by atoms with van der Waals surface area (Å²) in [6.45, 7) is -0.237. The van der Waals surface area contributed by atoms with Gasteiger partial charge in [-0.3, -0.25) is 0 Å². The number of aliphatic hydroxyl groups excluding tert-OH is 1. The maximum atomic E-state index is 11.4. The second-order valence-corrected chi connectivity index (χ2v) is 3.32. The van der Waals surface area contributed by atoms with Crippen molar-refractivity contribution in [2.24, 2.45) is 0 Å². The molecular formula is C12H11NO3. The van der Waals surface area contributed by atoms with Crippen LogP contribution in [-0.4, -0.2) is 23.2 Å². The first-order valence-electron chi connectivity index (χ1n) is 4.83. The molecule has 1 aromatic heterocycles. The van der Waals surface area contributed by atoms with Crippen molar-refractivity contribution in [2.75, 3.05) is 7.11 Å². The fourth-order valence-electron chi connectivity index (χ4n) is 1.66. The fourth-order valence-corrected chi connectivity index (χ4v) is 1.66. The van der Waals surface area contributed by atoms with Crippen LogP contribution in [0.2, 0.25) is 0 Å². The van der Waals surface area contributed by atoms with E-state index in [1.165, 1.54) is 7.11 Å². The molecule has 0 saturated carbocycles. The van der Waals surface area contributed by atoms with Gasteiger partial charge in [0.05, 0.1) is 13.7 Å².